The van der Waals surface area contributed by atoms with E-state index in [0.29, 0.717) is 16.8 Å². The van der Waals surface area contributed by atoms with Crippen LogP contribution < -0.4 is 4.31 Å². The summed E-state index contributed by atoms with van der Waals surface area (Å²) >= 11 is 0. The summed E-state index contributed by atoms with van der Waals surface area (Å²) in [6, 6.07) is 19.7. The van der Waals surface area contributed by atoms with E-state index in [1.807, 2.05) is 6.92 Å². The lowest BCUT2D eigenvalue weighted by atomic mass is 9.60. The number of allylic oxidation sites excluding steroid dienone is 1. The van der Waals surface area contributed by atoms with Crippen LogP contribution in [0.2, 0.25) is 0 Å². The van der Waals surface area contributed by atoms with Gasteiger partial charge in [0.25, 0.3) is 10.0 Å². The van der Waals surface area contributed by atoms with Crippen LogP contribution in [0.1, 0.15) is 28.7 Å². The van der Waals surface area contributed by atoms with E-state index in [1.54, 1.807) is 66.7 Å². The smallest absolute Gasteiger partial charge is 0.273 e. The molecule has 2 atom stereocenters. The van der Waals surface area contributed by atoms with Gasteiger partial charge in [0.15, 0.2) is 5.41 Å². The number of nitrogens with zero attached hydrogens (tertiary/aromatic N) is 3. The number of para-hydroxylation sites is 1. The highest BCUT2D eigenvalue weighted by Gasteiger charge is 2.68. The van der Waals surface area contributed by atoms with Crippen LogP contribution in [0.5, 0.6) is 0 Å². The Kier molecular flexibility index (Phi) is 5.99. The largest absolute Gasteiger partial charge is 0.332 e. The van der Waals surface area contributed by atoms with Crippen molar-refractivity contribution in [2.75, 3.05) is 18.4 Å². The molecular weight excluding hydrogens is 502 g/mol. The predicted molar refractivity (Wildman–Crippen MR) is 143 cm³/mol. The summed E-state index contributed by atoms with van der Waals surface area (Å²) in [6.07, 6.45) is 1.50. The van der Waals surface area contributed by atoms with Gasteiger partial charge in [-0.2, -0.15) is 0 Å². The third kappa shape index (κ3) is 3.35. The van der Waals surface area contributed by atoms with Gasteiger partial charge in [0.2, 0.25) is 11.8 Å². The molecule has 1 fully saturated rings. The number of carbonyl (C=O) groups is 3. The van der Waals surface area contributed by atoms with Gasteiger partial charge in [0.05, 0.1) is 16.6 Å². The SMILES string of the molecule is C=C[C@H]1c2ccccc2N(S(=O)(=O)c2ccc(C)cc2)[C@@H](c2ccccc2)C12C(=O)N(C)C(=O)N(C)C2=O. The molecule has 0 aliphatic carbocycles. The molecule has 2 aliphatic heterocycles. The van der Waals surface area contributed by atoms with Crippen molar-refractivity contribution in [3.63, 3.8) is 0 Å². The number of rotatable bonds is 4. The topological polar surface area (TPSA) is 95.1 Å². The van der Waals surface area contributed by atoms with Crippen molar-refractivity contribution >= 4 is 33.6 Å². The van der Waals surface area contributed by atoms with E-state index in [1.165, 1.54) is 36.6 Å². The van der Waals surface area contributed by atoms with Gasteiger partial charge < -0.3 is 0 Å². The summed E-state index contributed by atoms with van der Waals surface area (Å²) < 4.78 is 30.2. The van der Waals surface area contributed by atoms with Crippen molar-refractivity contribution < 1.29 is 22.8 Å². The first-order valence-corrected chi connectivity index (χ1v) is 13.5. The second kappa shape index (κ2) is 8.95. The van der Waals surface area contributed by atoms with E-state index in [2.05, 4.69) is 6.58 Å². The average Bonchev–Trinajstić information content (AvgIpc) is 2.93. The number of barbiturate groups is 1. The van der Waals surface area contributed by atoms with Crippen LogP contribution in [0.15, 0.2) is 96.4 Å². The Morgan fingerprint density at radius 3 is 1.95 bits per heavy atom. The first-order valence-electron chi connectivity index (χ1n) is 12.1. The molecule has 38 heavy (non-hydrogen) atoms. The predicted octanol–water partition coefficient (Wildman–Crippen LogP) is 4.25. The number of imide groups is 2. The van der Waals surface area contributed by atoms with E-state index >= 15 is 0 Å². The highest BCUT2D eigenvalue weighted by molar-refractivity contribution is 7.92. The molecule has 0 aromatic heterocycles. The fraction of sp³-hybridized carbons (Fsp3) is 0.207. The molecule has 3 aromatic rings. The number of fused-ring (bicyclic) bond motifs is 1. The number of benzene rings is 3. The van der Waals surface area contributed by atoms with Crippen LogP contribution in [0.3, 0.4) is 0 Å². The molecular formula is C29H27N3O5S. The van der Waals surface area contributed by atoms with E-state index in [0.717, 1.165) is 15.4 Å². The second-order valence-electron chi connectivity index (χ2n) is 9.58. The Labute approximate surface area is 221 Å². The number of hydrogen-bond acceptors (Lipinski definition) is 5. The summed E-state index contributed by atoms with van der Waals surface area (Å²) in [5.74, 6) is -2.50. The van der Waals surface area contributed by atoms with Gasteiger partial charge in [-0.15, -0.1) is 6.58 Å². The van der Waals surface area contributed by atoms with Crippen LogP contribution in [0.4, 0.5) is 10.5 Å². The molecule has 194 valence electrons. The minimum Gasteiger partial charge on any atom is -0.273 e. The van der Waals surface area contributed by atoms with Gasteiger partial charge in [0, 0.05) is 20.0 Å². The molecule has 0 radical (unpaired) electrons. The summed E-state index contributed by atoms with van der Waals surface area (Å²) in [7, 11) is -1.71. The van der Waals surface area contributed by atoms with Crippen molar-refractivity contribution in [2.24, 2.45) is 5.41 Å². The standard InChI is InChI=1S/C29H27N3O5S/c1-5-23-22-13-9-10-14-24(22)32(38(36,37)21-17-15-19(2)16-18-21)25(20-11-7-6-8-12-20)29(23)26(33)30(3)28(35)31(4)27(29)34/h5-18,23,25H,1H2,2-4H3/t23-,25-/m0/s1. The van der Waals surface area contributed by atoms with E-state index in [-0.39, 0.29) is 4.90 Å². The van der Waals surface area contributed by atoms with E-state index in [4.69, 9.17) is 0 Å². The number of carbonyl (C=O) groups excluding carboxylic acids is 3. The molecule has 5 rings (SSSR count). The normalized spacial score (nSPS) is 21.0. The van der Waals surface area contributed by atoms with Gasteiger partial charge >= 0.3 is 6.03 Å². The summed E-state index contributed by atoms with van der Waals surface area (Å²) in [6.45, 7) is 5.81. The molecule has 2 heterocycles. The number of aryl methyl sites for hydroxylation is 1. The molecule has 9 heteroatoms. The van der Waals surface area contributed by atoms with Crippen LogP contribution in [0, 0.1) is 12.3 Å². The zero-order chi connectivity index (χ0) is 27.4. The zero-order valence-corrected chi connectivity index (χ0v) is 22.1. The van der Waals surface area contributed by atoms with Gasteiger partial charge in [0.1, 0.15) is 0 Å². The van der Waals surface area contributed by atoms with Crippen LogP contribution in [0.25, 0.3) is 0 Å². The van der Waals surface area contributed by atoms with Gasteiger partial charge in [-0.05, 0) is 36.2 Å². The third-order valence-corrected chi connectivity index (χ3v) is 9.28. The number of anilines is 1. The maximum absolute atomic E-state index is 14.5. The molecule has 1 saturated heterocycles. The molecule has 4 amide bonds. The van der Waals surface area contributed by atoms with Gasteiger partial charge in [-0.1, -0.05) is 72.3 Å². The van der Waals surface area contributed by atoms with Gasteiger partial charge in [-0.3, -0.25) is 23.7 Å². The minimum atomic E-state index is -4.32. The second-order valence-corrected chi connectivity index (χ2v) is 11.4. The quantitative estimate of drug-likeness (QED) is 0.372. The number of sulfonamides is 1. The monoisotopic (exact) mass is 529 g/mol. The molecule has 1 spiro atoms. The lowest BCUT2D eigenvalue weighted by Gasteiger charge is -2.55. The fourth-order valence-electron chi connectivity index (χ4n) is 5.67. The Balaban J connectivity index is 1.94. The molecule has 0 unspecified atom stereocenters. The van der Waals surface area contributed by atoms with Crippen molar-refractivity contribution in [1.82, 2.24) is 9.80 Å². The number of urea groups is 1. The van der Waals surface area contributed by atoms with E-state index < -0.39 is 45.2 Å². The van der Waals surface area contributed by atoms with Crippen molar-refractivity contribution in [3.05, 3.63) is 108 Å². The van der Waals surface area contributed by atoms with E-state index in [9.17, 15) is 22.8 Å². The third-order valence-electron chi connectivity index (χ3n) is 7.49. The molecule has 0 saturated carbocycles. The fourth-order valence-corrected chi connectivity index (χ4v) is 7.37. The lowest BCUT2D eigenvalue weighted by molar-refractivity contribution is -0.160. The molecule has 0 bridgehead atoms. The van der Waals surface area contributed by atoms with Crippen molar-refractivity contribution in [3.8, 4) is 0 Å². The maximum Gasteiger partial charge on any atom is 0.332 e. The highest BCUT2D eigenvalue weighted by Crippen LogP contribution is 2.60. The summed E-state index contributed by atoms with van der Waals surface area (Å²) in [4.78, 5) is 43.2. The lowest BCUT2D eigenvalue weighted by Crippen LogP contribution is -2.70. The zero-order valence-electron chi connectivity index (χ0n) is 21.2. The first-order chi connectivity index (χ1) is 18.1. The highest BCUT2D eigenvalue weighted by atomic mass is 32.2. The van der Waals surface area contributed by atoms with Crippen LogP contribution in [-0.4, -0.2) is 50.2 Å². The Morgan fingerprint density at radius 2 is 1.37 bits per heavy atom. The Hall–Kier alpha value is -4.24. The van der Waals surface area contributed by atoms with Crippen molar-refractivity contribution in [1.29, 1.82) is 0 Å². The molecule has 3 aromatic carbocycles. The Bertz CT molecular complexity index is 1540. The average molecular weight is 530 g/mol. The molecule has 0 N–H and O–H groups in total. The van der Waals surface area contributed by atoms with Crippen LogP contribution in [-0.2, 0) is 19.6 Å². The van der Waals surface area contributed by atoms with Crippen molar-refractivity contribution in [2.45, 2.75) is 23.8 Å². The number of amides is 4. The first kappa shape index (κ1) is 25.4. The van der Waals surface area contributed by atoms with Crippen LogP contribution >= 0.6 is 0 Å². The number of hydrogen-bond donors (Lipinski definition) is 0. The summed E-state index contributed by atoms with van der Waals surface area (Å²) in [5, 5.41) is 0. The summed E-state index contributed by atoms with van der Waals surface area (Å²) in [5.41, 5.74) is 0.0585. The maximum atomic E-state index is 14.5. The minimum absolute atomic E-state index is 0.0135. The Morgan fingerprint density at radius 1 is 0.816 bits per heavy atom. The van der Waals surface area contributed by atoms with Gasteiger partial charge in [-0.25, -0.2) is 13.2 Å². The molecule has 2 aliphatic rings. The molecule has 8 nitrogen and oxygen atoms in total.